The van der Waals surface area contributed by atoms with E-state index in [9.17, 15) is 22.8 Å². The highest BCUT2D eigenvalue weighted by Crippen LogP contribution is 2.17. The molecule has 1 aromatic rings. The van der Waals surface area contributed by atoms with Gasteiger partial charge in [-0.3, -0.25) is 4.79 Å². The Balaban J connectivity index is 2.63. The number of carboxylic acid groups (broad SMARTS) is 1. The summed E-state index contributed by atoms with van der Waals surface area (Å²) in [7, 11) is 0. The number of carbonyl (C=O) groups is 2. The Morgan fingerprint density at radius 3 is 2.55 bits per heavy atom. The van der Waals surface area contributed by atoms with Crippen molar-refractivity contribution in [2.45, 2.75) is 19.6 Å². The molecule has 0 aliphatic rings. The van der Waals surface area contributed by atoms with E-state index in [0.717, 1.165) is 10.4 Å². The summed E-state index contributed by atoms with van der Waals surface area (Å²) in [4.78, 5) is 23.1. The monoisotopic (exact) mass is 310 g/mol. The number of rotatable bonds is 5. The van der Waals surface area contributed by atoms with Crippen molar-refractivity contribution in [1.82, 2.24) is 10.2 Å². The standard InChI is InChI=1S/C11H13F3N2O3S/c1-7-2-3-20-8(7)4-15-10(19)16(5-9(17)18)6-11(12,13)14/h2-3H,4-6H2,1H3,(H,15,19)(H,17,18). The van der Waals surface area contributed by atoms with Crippen molar-refractivity contribution in [3.8, 4) is 0 Å². The van der Waals surface area contributed by atoms with Gasteiger partial charge in [-0.1, -0.05) is 0 Å². The largest absolute Gasteiger partial charge is 0.480 e. The molecule has 1 rings (SSSR count). The van der Waals surface area contributed by atoms with Crippen LogP contribution in [0.5, 0.6) is 0 Å². The van der Waals surface area contributed by atoms with Crippen LogP contribution in [-0.4, -0.2) is 41.3 Å². The van der Waals surface area contributed by atoms with E-state index in [2.05, 4.69) is 5.32 Å². The average molecular weight is 310 g/mol. The zero-order chi connectivity index (χ0) is 15.3. The summed E-state index contributed by atoms with van der Waals surface area (Å²) in [5.41, 5.74) is 0.913. The Labute approximate surface area is 117 Å². The van der Waals surface area contributed by atoms with Crippen molar-refractivity contribution in [2.24, 2.45) is 0 Å². The van der Waals surface area contributed by atoms with Gasteiger partial charge in [0.2, 0.25) is 0 Å². The van der Waals surface area contributed by atoms with Crippen LogP contribution in [0.4, 0.5) is 18.0 Å². The molecule has 1 aromatic heterocycles. The molecule has 0 fully saturated rings. The molecule has 0 aromatic carbocycles. The maximum Gasteiger partial charge on any atom is 0.406 e. The van der Waals surface area contributed by atoms with Gasteiger partial charge in [-0.15, -0.1) is 11.3 Å². The van der Waals surface area contributed by atoms with Gasteiger partial charge in [0.1, 0.15) is 13.1 Å². The smallest absolute Gasteiger partial charge is 0.406 e. The molecule has 0 radical (unpaired) electrons. The molecule has 0 aliphatic carbocycles. The molecule has 112 valence electrons. The number of hydrogen-bond acceptors (Lipinski definition) is 3. The third-order valence-electron chi connectivity index (χ3n) is 2.35. The molecule has 0 atom stereocenters. The van der Waals surface area contributed by atoms with Crippen LogP contribution in [0.2, 0.25) is 0 Å². The van der Waals surface area contributed by atoms with Crippen LogP contribution in [0.1, 0.15) is 10.4 Å². The van der Waals surface area contributed by atoms with Crippen molar-refractivity contribution >= 4 is 23.3 Å². The Morgan fingerprint density at radius 1 is 1.45 bits per heavy atom. The van der Waals surface area contributed by atoms with Gasteiger partial charge in [-0.2, -0.15) is 13.2 Å². The molecule has 1 heterocycles. The number of nitrogens with zero attached hydrogens (tertiary/aromatic N) is 1. The molecule has 0 spiro atoms. The number of aliphatic carboxylic acids is 1. The van der Waals surface area contributed by atoms with Gasteiger partial charge in [-0.05, 0) is 23.9 Å². The summed E-state index contributed by atoms with van der Waals surface area (Å²) in [5.74, 6) is -1.50. The van der Waals surface area contributed by atoms with Crippen LogP contribution in [0.25, 0.3) is 0 Å². The second kappa shape index (κ2) is 6.60. The summed E-state index contributed by atoms with van der Waals surface area (Å²) >= 11 is 1.36. The van der Waals surface area contributed by atoms with Gasteiger partial charge in [-0.25, -0.2) is 4.79 Å². The minimum atomic E-state index is -4.65. The van der Waals surface area contributed by atoms with E-state index >= 15 is 0 Å². The van der Waals surface area contributed by atoms with Crippen LogP contribution >= 0.6 is 11.3 Å². The SMILES string of the molecule is Cc1ccsc1CNC(=O)N(CC(=O)O)CC(F)(F)F. The number of aryl methyl sites for hydroxylation is 1. The molecule has 2 amide bonds. The Morgan fingerprint density at radius 2 is 2.10 bits per heavy atom. The fourth-order valence-electron chi connectivity index (χ4n) is 1.43. The first kappa shape index (κ1) is 16.3. The molecular weight excluding hydrogens is 297 g/mol. The zero-order valence-corrected chi connectivity index (χ0v) is 11.3. The van der Waals surface area contributed by atoms with E-state index < -0.39 is 31.3 Å². The molecule has 2 N–H and O–H groups in total. The zero-order valence-electron chi connectivity index (χ0n) is 10.5. The van der Waals surface area contributed by atoms with Gasteiger partial charge in [0.05, 0.1) is 6.54 Å². The topological polar surface area (TPSA) is 69.6 Å². The number of carbonyl (C=O) groups excluding carboxylic acids is 1. The lowest BCUT2D eigenvalue weighted by Gasteiger charge is -2.22. The number of thiophene rings is 1. The molecule has 5 nitrogen and oxygen atoms in total. The van der Waals surface area contributed by atoms with Crippen molar-refractivity contribution in [2.75, 3.05) is 13.1 Å². The number of carboxylic acids is 1. The van der Waals surface area contributed by atoms with Gasteiger partial charge in [0.25, 0.3) is 0 Å². The number of urea groups is 1. The molecular formula is C11H13F3N2O3S. The summed E-state index contributed by atoms with van der Waals surface area (Å²) in [6, 6.07) is 0.759. The van der Waals surface area contributed by atoms with E-state index in [1.807, 2.05) is 13.0 Å². The normalized spacial score (nSPS) is 11.2. The fraction of sp³-hybridized carbons (Fsp3) is 0.455. The highest BCUT2D eigenvalue weighted by Gasteiger charge is 2.33. The van der Waals surface area contributed by atoms with Crippen LogP contribution < -0.4 is 5.32 Å². The van der Waals surface area contributed by atoms with Crippen LogP contribution in [0.15, 0.2) is 11.4 Å². The average Bonchev–Trinajstić information content (AvgIpc) is 2.68. The van der Waals surface area contributed by atoms with Crippen molar-refractivity contribution in [3.05, 3.63) is 21.9 Å². The predicted molar refractivity (Wildman–Crippen MR) is 66.6 cm³/mol. The van der Waals surface area contributed by atoms with Crippen LogP contribution in [-0.2, 0) is 11.3 Å². The summed E-state index contributed by atoms with van der Waals surface area (Å²) < 4.78 is 36.8. The Hall–Kier alpha value is -1.77. The number of alkyl halides is 3. The van der Waals surface area contributed by atoms with Gasteiger partial charge in [0, 0.05) is 4.88 Å². The second-order valence-corrected chi connectivity index (χ2v) is 5.05. The summed E-state index contributed by atoms with van der Waals surface area (Å²) in [6.07, 6.45) is -4.65. The fourth-order valence-corrected chi connectivity index (χ4v) is 2.28. The number of hydrogen-bond donors (Lipinski definition) is 2. The lowest BCUT2D eigenvalue weighted by atomic mass is 10.3. The molecule has 20 heavy (non-hydrogen) atoms. The molecule has 0 unspecified atom stereocenters. The van der Waals surface area contributed by atoms with E-state index in [-0.39, 0.29) is 11.4 Å². The molecule has 9 heteroatoms. The third-order valence-corrected chi connectivity index (χ3v) is 3.37. The third kappa shape index (κ3) is 5.47. The molecule has 0 bridgehead atoms. The number of nitrogens with one attached hydrogen (secondary N) is 1. The predicted octanol–water partition coefficient (Wildman–Crippen LogP) is 2.22. The highest BCUT2D eigenvalue weighted by atomic mass is 32.1. The van der Waals surface area contributed by atoms with Crippen LogP contribution in [0.3, 0.4) is 0 Å². The van der Waals surface area contributed by atoms with Gasteiger partial charge >= 0.3 is 18.2 Å². The van der Waals surface area contributed by atoms with Crippen molar-refractivity contribution < 1.29 is 27.9 Å². The quantitative estimate of drug-likeness (QED) is 0.876. The van der Waals surface area contributed by atoms with E-state index in [4.69, 9.17) is 5.11 Å². The summed E-state index contributed by atoms with van der Waals surface area (Å²) in [5, 5.41) is 12.6. The first-order valence-corrected chi connectivity index (χ1v) is 6.41. The minimum absolute atomic E-state index is 0.0658. The lowest BCUT2D eigenvalue weighted by molar-refractivity contribution is -0.148. The lowest BCUT2D eigenvalue weighted by Crippen LogP contribution is -2.46. The second-order valence-electron chi connectivity index (χ2n) is 4.05. The molecule has 0 saturated heterocycles. The van der Waals surface area contributed by atoms with Gasteiger partial charge < -0.3 is 15.3 Å². The number of amides is 2. The van der Waals surface area contributed by atoms with E-state index in [1.165, 1.54) is 11.3 Å². The number of halogens is 3. The minimum Gasteiger partial charge on any atom is -0.480 e. The van der Waals surface area contributed by atoms with E-state index in [0.29, 0.717) is 0 Å². The first-order chi connectivity index (χ1) is 9.19. The molecule has 0 saturated carbocycles. The Kier molecular flexibility index (Phi) is 5.37. The van der Waals surface area contributed by atoms with Crippen molar-refractivity contribution in [1.29, 1.82) is 0 Å². The molecule has 0 aliphatic heterocycles. The maximum atomic E-state index is 12.3. The Bertz CT molecular complexity index is 488. The maximum absolute atomic E-state index is 12.3. The van der Waals surface area contributed by atoms with Crippen molar-refractivity contribution in [3.63, 3.8) is 0 Å². The van der Waals surface area contributed by atoms with Gasteiger partial charge in [0.15, 0.2) is 0 Å². The highest BCUT2D eigenvalue weighted by molar-refractivity contribution is 7.10. The first-order valence-electron chi connectivity index (χ1n) is 5.53. The summed E-state index contributed by atoms with van der Waals surface area (Å²) in [6.45, 7) is -0.734. The van der Waals surface area contributed by atoms with Crippen LogP contribution in [0, 0.1) is 6.92 Å². The van der Waals surface area contributed by atoms with E-state index in [1.54, 1.807) is 5.38 Å².